The molecular weight excluding hydrogens is 372 g/mol. The van der Waals surface area contributed by atoms with Gasteiger partial charge in [-0.2, -0.15) is 0 Å². The van der Waals surface area contributed by atoms with E-state index in [4.69, 9.17) is 9.47 Å². The molecule has 4 rings (SSSR count). The van der Waals surface area contributed by atoms with Gasteiger partial charge in [0.25, 0.3) is 0 Å². The minimum Gasteiger partial charge on any atom is -0.454 e. The van der Waals surface area contributed by atoms with Crippen LogP contribution in [0.3, 0.4) is 0 Å². The number of anilines is 4. The number of thiazole rings is 1. The number of fused-ring (bicyclic) bond motifs is 1. The van der Waals surface area contributed by atoms with Crippen LogP contribution in [0, 0.1) is 24.0 Å². The van der Waals surface area contributed by atoms with Crippen molar-refractivity contribution in [2.75, 3.05) is 17.4 Å². The van der Waals surface area contributed by atoms with E-state index in [-0.39, 0.29) is 24.1 Å². The van der Waals surface area contributed by atoms with Gasteiger partial charge in [0.15, 0.2) is 16.6 Å². The molecule has 3 aromatic rings. The Kier molecular flexibility index (Phi) is 4.20. The molecule has 2 N–H and O–H groups in total. The largest absolute Gasteiger partial charge is 0.454 e. The number of nitrogens with one attached hydrogen (secondary N) is 2. The number of hydrogen-bond acceptors (Lipinski definition) is 10. The Bertz CT molecular complexity index is 1020. The Hall–Kier alpha value is -3.47. The van der Waals surface area contributed by atoms with Gasteiger partial charge in [-0.05, 0) is 26.0 Å². The summed E-state index contributed by atoms with van der Waals surface area (Å²) in [6.07, 6.45) is 1.25. The Labute approximate surface area is 157 Å². The van der Waals surface area contributed by atoms with E-state index in [9.17, 15) is 10.1 Å². The third-order valence-electron chi connectivity index (χ3n) is 3.89. The molecule has 2 aromatic heterocycles. The lowest BCUT2D eigenvalue weighted by Gasteiger charge is -2.09. The average Bonchev–Trinajstić information content (AvgIpc) is 3.21. The second-order valence-corrected chi connectivity index (χ2v) is 6.86. The summed E-state index contributed by atoms with van der Waals surface area (Å²) in [4.78, 5) is 24.5. The molecule has 10 nitrogen and oxygen atoms in total. The standard InChI is InChI=1S/C16H14N6O4S/c1-8-9(2)27-16(19-8)21-15-13(22(23)24)14(17-6-18-15)20-10-3-4-11-12(5-10)26-7-25-11/h3-6H,7H2,1-2H3,(H2,17,18,19,20,21). The third-order valence-corrected chi connectivity index (χ3v) is 4.88. The van der Waals surface area contributed by atoms with Crippen LogP contribution in [0.5, 0.6) is 11.5 Å². The molecule has 11 heteroatoms. The van der Waals surface area contributed by atoms with Crippen LogP contribution in [-0.2, 0) is 0 Å². The molecule has 1 aliphatic heterocycles. The molecule has 0 unspecified atom stereocenters. The van der Waals surface area contributed by atoms with Crippen LogP contribution in [0.25, 0.3) is 0 Å². The zero-order valence-electron chi connectivity index (χ0n) is 14.3. The van der Waals surface area contributed by atoms with Gasteiger partial charge in [-0.25, -0.2) is 15.0 Å². The number of rotatable bonds is 5. The molecule has 27 heavy (non-hydrogen) atoms. The maximum absolute atomic E-state index is 11.7. The van der Waals surface area contributed by atoms with E-state index < -0.39 is 4.92 Å². The Morgan fingerprint density at radius 3 is 2.59 bits per heavy atom. The van der Waals surface area contributed by atoms with E-state index in [2.05, 4.69) is 25.6 Å². The molecule has 0 bridgehead atoms. The average molecular weight is 386 g/mol. The highest BCUT2D eigenvalue weighted by Crippen LogP contribution is 2.38. The van der Waals surface area contributed by atoms with Gasteiger partial charge < -0.3 is 20.1 Å². The zero-order chi connectivity index (χ0) is 19.0. The van der Waals surface area contributed by atoms with Crippen molar-refractivity contribution in [1.29, 1.82) is 0 Å². The molecule has 1 aliphatic rings. The second-order valence-electron chi connectivity index (χ2n) is 5.66. The van der Waals surface area contributed by atoms with Gasteiger partial charge in [0.05, 0.1) is 10.6 Å². The van der Waals surface area contributed by atoms with Crippen molar-refractivity contribution in [1.82, 2.24) is 15.0 Å². The normalized spacial score (nSPS) is 12.1. The van der Waals surface area contributed by atoms with Crippen LogP contribution in [0.15, 0.2) is 24.5 Å². The van der Waals surface area contributed by atoms with Crippen molar-refractivity contribution in [3.8, 4) is 11.5 Å². The first-order valence-corrected chi connectivity index (χ1v) is 8.70. The zero-order valence-corrected chi connectivity index (χ0v) is 15.2. The number of ether oxygens (including phenoxy) is 2. The summed E-state index contributed by atoms with van der Waals surface area (Å²) in [6.45, 7) is 3.95. The summed E-state index contributed by atoms with van der Waals surface area (Å²) in [5, 5.41) is 18.0. The van der Waals surface area contributed by atoms with Gasteiger partial charge in [0.1, 0.15) is 6.33 Å². The SMILES string of the molecule is Cc1nc(Nc2ncnc(Nc3ccc4c(c3)OCO4)c2[N+](=O)[O-])sc1C. The molecule has 138 valence electrons. The molecule has 0 saturated heterocycles. The lowest BCUT2D eigenvalue weighted by Crippen LogP contribution is -2.05. The molecule has 0 atom stereocenters. The highest BCUT2D eigenvalue weighted by molar-refractivity contribution is 7.15. The van der Waals surface area contributed by atoms with Crippen LogP contribution in [0.4, 0.5) is 28.1 Å². The van der Waals surface area contributed by atoms with Crippen LogP contribution in [0.1, 0.15) is 10.6 Å². The van der Waals surface area contributed by atoms with Gasteiger partial charge in [-0.15, -0.1) is 11.3 Å². The fraction of sp³-hybridized carbons (Fsp3) is 0.188. The minimum atomic E-state index is -0.537. The van der Waals surface area contributed by atoms with Gasteiger partial charge in [0, 0.05) is 16.6 Å². The molecule has 0 aliphatic carbocycles. The van der Waals surface area contributed by atoms with Crippen LogP contribution in [-0.4, -0.2) is 26.7 Å². The number of nitrogens with zero attached hydrogens (tertiary/aromatic N) is 4. The Morgan fingerprint density at radius 1 is 1.15 bits per heavy atom. The van der Waals surface area contributed by atoms with E-state index in [1.165, 1.54) is 17.7 Å². The summed E-state index contributed by atoms with van der Waals surface area (Å²) >= 11 is 1.40. The molecule has 1 aromatic carbocycles. The van der Waals surface area contributed by atoms with E-state index >= 15 is 0 Å². The quantitative estimate of drug-likeness (QED) is 0.499. The van der Waals surface area contributed by atoms with Crippen molar-refractivity contribution < 1.29 is 14.4 Å². The predicted molar refractivity (Wildman–Crippen MR) is 99.4 cm³/mol. The Morgan fingerprint density at radius 2 is 1.89 bits per heavy atom. The number of nitro groups is 1. The van der Waals surface area contributed by atoms with Crippen molar-refractivity contribution in [2.24, 2.45) is 0 Å². The molecule has 3 heterocycles. The summed E-state index contributed by atoms with van der Waals surface area (Å²) in [5.41, 5.74) is 1.16. The van der Waals surface area contributed by atoms with Crippen LogP contribution in [0.2, 0.25) is 0 Å². The molecule has 0 spiro atoms. The van der Waals surface area contributed by atoms with Crippen molar-refractivity contribution in [3.63, 3.8) is 0 Å². The summed E-state index contributed by atoms with van der Waals surface area (Å²) in [6, 6.07) is 5.13. The fourth-order valence-electron chi connectivity index (χ4n) is 2.47. The number of benzene rings is 1. The first-order valence-electron chi connectivity index (χ1n) is 7.88. The van der Waals surface area contributed by atoms with E-state index in [1.54, 1.807) is 18.2 Å². The smallest absolute Gasteiger partial charge is 0.353 e. The summed E-state index contributed by atoms with van der Waals surface area (Å²) in [7, 11) is 0. The molecule has 0 amide bonds. The third kappa shape index (κ3) is 3.31. The molecule has 0 radical (unpaired) electrons. The molecule has 0 fully saturated rings. The maximum atomic E-state index is 11.7. The highest BCUT2D eigenvalue weighted by Gasteiger charge is 2.25. The predicted octanol–water partition coefficient (Wildman–Crippen LogP) is 3.67. The van der Waals surface area contributed by atoms with Gasteiger partial charge in [0.2, 0.25) is 18.4 Å². The monoisotopic (exact) mass is 386 g/mol. The van der Waals surface area contributed by atoms with Gasteiger partial charge >= 0.3 is 5.69 Å². The van der Waals surface area contributed by atoms with E-state index in [0.717, 1.165) is 10.6 Å². The molecule has 0 saturated carbocycles. The first-order chi connectivity index (χ1) is 13.0. The van der Waals surface area contributed by atoms with Crippen LogP contribution < -0.4 is 20.1 Å². The fourth-order valence-corrected chi connectivity index (χ4v) is 3.29. The van der Waals surface area contributed by atoms with Crippen LogP contribution >= 0.6 is 11.3 Å². The summed E-state index contributed by atoms with van der Waals surface area (Å²) in [5.74, 6) is 1.30. The first kappa shape index (κ1) is 17.0. The van der Waals surface area contributed by atoms with Gasteiger partial charge in [-0.1, -0.05) is 0 Å². The van der Waals surface area contributed by atoms with E-state index in [0.29, 0.717) is 22.3 Å². The number of aromatic nitrogens is 3. The second kappa shape index (κ2) is 6.68. The van der Waals surface area contributed by atoms with Crippen molar-refractivity contribution >= 4 is 39.5 Å². The van der Waals surface area contributed by atoms with E-state index in [1.807, 2.05) is 13.8 Å². The topological polar surface area (TPSA) is 124 Å². The highest BCUT2D eigenvalue weighted by atomic mass is 32.1. The van der Waals surface area contributed by atoms with Crippen molar-refractivity contribution in [3.05, 3.63) is 45.2 Å². The lowest BCUT2D eigenvalue weighted by atomic mass is 10.2. The van der Waals surface area contributed by atoms with Gasteiger partial charge in [-0.3, -0.25) is 10.1 Å². The minimum absolute atomic E-state index is 0.0568. The van der Waals surface area contributed by atoms with Crippen molar-refractivity contribution in [2.45, 2.75) is 13.8 Å². The lowest BCUT2D eigenvalue weighted by molar-refractivity contribution is -0.383. The summed E-state index contributed by atoms with van der Waals surface area (Å²) < 4.78 is 10.6. The maximum Gasteiger partial charge on any atom is 0.353 e. The number of aryl methyl sites for hydroxylation is 2. The number of hydrogen-bond donors (Lipinski definition) is 2. The molecular formula is C16H14N6O4S. The Balaban J connectivity index is 1.67.